The number of anilines is 2. The molecule has 1 aliphatic heterocycles. The topological polar surface area (TPSA) is 55.9 Å². The van der Waals surface area contributed by atoms with E-state index in [9.17, 15) is 9.59 Å². The minimum Gasteiger partial charge on any atom is -0.325 e. The Bertz CT molecular complexity index is 1100. The average Bonchev–Trinajstić information content (AvgIpc) is 2.90. The number of carbonyl (C=O) groups excluding carboxylic acids is 2. The maximum Gasteiger partial charge on any atom is 0.241 e. The van der Waals surface area contributed by atoms with Crippen molar-refractivity contribution in [2.24, 2.45) is 0 Å². The quantitative estimate of drug-likeness (QED) is 0.513. The molecule has 2 amide bonds. The Kier molecular flexibility index (Phi) is 8.65. The highest BCUT2D eigenvalue weighted by molar-refractivity contribution is 5.95. The van der Waals surface area contributed by atoms with Gasteiger partial charge in [0.1, 0.15) is 0 Å². The second-order valence-corrected chi connectivity index (χ2v) is 8.91. The van der Waals surface area contributed by atoms with Gasteiger partial charge in [-0.25, -0.2) is 0 Å². The molecule has 3 aromatic rings. The van der Waals surface area contributed by atoms with Crippen molar-refractivity contribution < 1.29 is 9.59 Å². The second-order valence-electron chi connectivity index (χ2n) is 8.91. The predicted octanol–water partition coefficient (Wildman–Crippen LogP) is 4.04. The lowest BCUT2D eigenvalue weighted by Crippen LogP contribution is -2.51. The molecule has 1 heterocycles. The summed E-state index contributed by atoms with van der Waals surface area (Å²) in [6, 6.07) is 27.9. The van der Waals surface area contributed by atoms with Crippen LogP contribution in [-0.2, 0) is 22.6 Å². The predicted molar refractivity (Wildman–Crippen MR) is 141 cm³/mol. The summed E-state index contributed by atoms with van der Waals surface area (Å²) < 4.78 is 0. The Morgan fingerprint density at radius 2 is 1.34 bits per heavy atom. The Morgan fingerprint density at radius 3 is 2.00 bits per heavy atom. The number of rotatable bonds is 9. The van der Waals surface area contributed by atoms with Gasteiger partial charge in [-0.1, -0.05) is 73.7 Å². The van der Waals surface area contributed by atoms with Gasteiger partial charge in [-0.15, -0.1) is 0 Å². The van der Waals surface area contributed by atoms with Gasteiger partial charge < -0.3 is 10.2 Å². The van der Waals surface area contributed by atoms with Gasteiger partial charge in [0.25, 0.3) is 0 Å². The highest BCUT2D eigenvalue weighted by Gasteiger charge is 2.24. The average molecular weight is 471 g/mol. The first-order valence-corrected chi connectivity index (χ1v) is 12.3. The van der Waals surface area contributed by atoms with Crippen LogP contribution in [0.2, 0.25) is 0 Å². The van der Waals surface area contributed by atoms with Gasteiger partial charge >= 0.3 is 0 Å². The van der Waals surface area contributed by atoms with E-state index < -0.39 is 0 Å². The molecule has 6 nitrogen and oxygen atoms in total. The lowest BCUT2D eigenvalue weighted by Gasteiger charge is -2.35. The van der Waals surface area contributed by atoms with E-state index in [-0.39, 0.29) is 11.8 Å². The van der Waals surface area contributed by atoms with Gasteiger partial charge in [0.2, 0.25) is 11.8 Å². The third kappa shape index (κ3) is 7.01. The van der Waals surface area contributed by atoms with Gasteiger partial charge in [0, 0.05) is 37.6 Å². The molecule has 0 spiro atoms. The van der Waals surface area contributed by atoms with E-state index in [0.29, 0.717) is 19.6 Å². The van der Waals surface area contributed by atoms with Crippen LogP contribution in [0.3, 0.4) is 0 Å². The van der Waals surface area contributed by atoms with E-state index in [0.717, 1.165) is 55.1 Å². The van der Waals surface area contributed by atoms with Crippen LogP contribution in [0.15, 0.2) is 84.9 Å². The first-order chi connectivity index (χ1) is 17.1. The molecule has 182 valence electrons. The van der Waals surface area contributed by atoms with Crippen LogP contribution in [0.25, 0.3) is 0 Å². The van der Waals surface area contributed by atoms with E-state index in [2.05, 4.69) is 22.0 Å². The molecule has 0 unspecified atom stereocenters. The highest BCUT2D eigenvalue weighted by Crippen LogP contribution is 2.18. The van der Waals surface area contributed by atoms with Crippen molar-refractivity contribution in [3.63, 3.8) is 0 Å². The molecule has 0 aromatic heterocycles. The number of carbonyl (C=O) groups is 2. The Labute approximate surface area is 208 Å². The maximum atomic E-state index is 13.3. The van der Waals surface area contributed by atoms with Crippen LogP contribution in [-0.4, -0.2) is 60.9 Å². The molecule has 1 N–H and O–H groups in total. The van der Waals surface area contributed by atoms with Crippen LogP contribution in [0.5, 0.6) is 0 Å². The van der Waals surface area contributed by atoms with Gasteiger partial charge in [-0.2, -0.15) is 0 Å². The first-order valence-electron chi connectivity index (χ1n) is 12.3. The number of hydrogen-bond donors (Lipinski definition) is 1. The molecule has 4 rings (SSSR count). The molecule has 0 aliphatic carbocycles. The zero-order chi connectivity index (χ0) is 24.5. The molecule has 1 fully saturated rings. The fourth-order valence-electron chi connectivity index (χ4n) is 4.42. The van der Waals surface area contributed by atoms with Crippen molar-refractivity contribution in [2.45, 2.75) is 19.9 Å². The van der Waals surface area contributed by atoms with E-state index in [1.807, 2.05) is 89.8 Å². The van der Waals surface area contributed by atoms with Gasteiger partial charge in [0.05, 0.1) is 19.6 Å². The molecular formula is C29H34N4O2. The summed E-state index contributed by atoms with van der Waals surface area (Å²) in [4.78, 5) is 32.1. The summed E-state index contributed by atoms with van der Waals surface area (Å²) in [5.41, 5.74) is 4.04. The van der Waals surface area contributed by atoms with Crippen molar-refractivity contribution in [1.82, 2.24) is 9.80 Å². The minimum absolute atomic E-state index is 0.00791. The van der Waals surface area contributed by atoms with E-state index in [4.69, 9.17) is 0 Å². The minimum atomic E-state index is 0.00791. The van der Waals surface area contributed by atoms with Crippen molar-refractivity contribution in [1.29, 1.82) is 0 Å². The molecule has 35 heavy (non-hydrogen) atoms. The fourth-order valence-corrected chi connectivity index (χ4v) is 4.42. The van der Waals surface area contributed by atoms with Crippen molar-refractivity contribution >= 4 is 23.2 Å². The van der Waals surface area contributed by atoms with Crippen LogP contribution in [0.4, 0.5) is 11.4 Å². The largest absolute Gasteiger partial charge is 0.325 e. The van der Waals surface area contributed by atoms with Crippen LogP contribution in [0.1, 0.15) is 18.1 Å². The van der Waals surface area contributed by atoms with Crippen molar-refractivity contribution in [3.05, 3.63) is 96.1 Å². The molecule has 0 bridgehead atoms. The molecule has 0 atom stereocenters. The standard InChI is InChI=1S/C29H34N4O2/c1-2-25-13-9-10-16-27(25)30-28(34)22-31-17-19-32(20-18-31)23-29(35)33(26-14-7-4-8-15-26)21-24-11-5-3-6-12-24/h3-16H,2,17-23H2,1H3,(H,30,34). The van der Waals surface area contributed by atoms with Crippen molar-refractivity contribution in [3.8, 4) is 0 Å². The number of para-hydroxylation sites is 2. The second kappa shape index (κ2) is 12.3. The number of amides is 2. The van der Waals surface area contributed by atoms with Crippen LogP contribution >= 0.6 is 0 Å². The van der Waals surface area contributed by atoms with Crippen molar-refractivity contribution in [2.75, 3.05) is 49.5 Å². The number of aryl methyl sites for hydroxylation is 1. The maximum absolute atomic E-state index is 13.3. The van der Waals surface area contributed by atoms with E-state index in [1.165, 1.54) is 0 Å². The zero-order valence-electron chi connectivity index (χ0n) is 20.4. The summed E-state index contributed by atoms with van der Waals surface area (Å²) in [7, 11) is 0. The molecule has 1 saturated heterocycles. The summed E-state index contributed by atoms with van der Waals surface area (Å²) in [6.45, 7) is 6.42. The molecular weight excluding hydrogens is 436 g/mol. The highest BCUT2D eigenvalue weighted by atomic mass is 16.2. The lowest BCUT2D eigenvalue weighted by molar-refractivity contribution is -0.121. The van der Waals surface area contributed by atoms with Gasteiger partial charge in [-0.3, -0.25) is 19.4 Å². The van der Waals surface area contributed by atoms with E-state index in [1.54, 1.807) is 0 Å². The zero-order valence-corrected chi connectivity index (χ0v) is 20.4. The molecule has 0 saturated carbocycles. The van der Waals surface area contributed by atoms with Crippen LogP contribution < -0.4 is 10.2 Å². The number of nitrogens with zero attached hydrogens (tertiary/aromatic N) is 3. The lowest BCUT2D eigenvalue weighted by atomic mass is 10.1. The smallest absolute Gasteiger partial charge is 0.241 e. The molecule has 1 aliphatic rings. The molecule has 0 radical (unpaired) electrons. The monoisotopic (exact) mass is 470 g/mol. The third-order valence-corrected chi connectivity index (χ3v) is 6.42. The number of benzene rings is 3. The Morgan fingerprint density at radius 1 is 0.771 bits per heavy atom. The van der Waals surface area contributed by atoms with Gasteiger partial charge in [0.15, 0.2) is 0 Å². The number of nitrogens with one attached hydrogen (secondary N) is 1. The van der Waals surface area contributed by atoms with Crippen LogP contribution in [0, 0.1) is 0 Å². The number of hydrogen-bond acceptors (Lipinski definition) is 4. The normalized spacial score (nSPS) is 14.4. The SMILES string of the molecule is CCc1ccccc1NC(=O)CN1CCN(CC(=O)N(Cc2ccccc2)c2ccccc2)CC1. The van der Waals surface area contributed by atoms with Gasteiger partial charge in [-0.05, 0) is 35.7 Å². The summed E-state index contributed by atoms with van der Waals surface area (Å²) >= 11 is 0. The third-order valence-electron chi connectivity index (χ3n) is 6.42. The summed E-state index contributed by atoms with van der Waals surface area (Å²) in [6.07, 6.45) is 0.882. The number of piperazine rings is 1. The fraction of sp³-hybridized carbons (Fsp3) is 0.310. The summed E-state index contributed by atoms with van der Waals surface area (Å²) in [5, 5.41) is 3.05. The first kappa shape index (κ1) is 24.6. The summed E-state index contributed by atoms with van der Waals surface area (Å²) in [5.74, 6) is 0.0935. The molecule has 6 heteroatoms. The Hall–Kier alpha value is -3.48. The van der Waals surface area contributed by atoms with E-state index >= 15 is 0 Å². The molecule has 3 aromatic carbocycles. The Balaban J connectivity index is 1.30.